The van der Waals surface area contributed by atoms with Gasteiger partial charge in [-0.25, -0.2) is 4.79 Å². The van der Waals surface area contributed by atoms with Gasteiger partial charge in [0.1, 0.15) is 0 Å². The van der Waals surface area contributed by atoms with Crippen LogP contribution in [0.15, 0.2) is 0 Å². The maximum atomic E-state index is 11.2. The fourth-order valence-electron chi connectivity index (χ4n) is 1.02. The molecule has 0 bridgehead atoms. The summed E-state index contributed by atoms with van der Waals surface area (Å²) in [6, 6.07) is -0.498. The van der Waals surface area contributed by atoms with Gasteiger partial charge in [-0.05, 0) is 6.42 Å². The number of carboxylic acid groups (broad SMARTS) is 1. The third-order valence-electron chi connectivity index (χ3n) is 1.89. The van der Waals surface area contributed by atoms with Crippen LogP contribution in [0.4, 0.5) is 4.79 Å². The quantitative estimate of drug-likeness (QED) is 0.394. The number of carbonyl (C=O) groups is 3. The Balaban J connectivity index is 3.46. The first-order valence-electron chi connectivity index (χ1n) is 5.55. The summed E-state index contributed by atoms with van der Waals surface area (Å²) in [5, 5.41) is 15.7. The van der Waals surface area contributed by atoms with Gasteiger partial charge >= 0.3 is 12.0 Å². The molecule has 0 spiro atoms. The Kier molecular flexibility index (Phi) is 9.28. The summed E-state index contributed by atoms with van der Waals surface area (Å²) in [7, 11) is 1.52. The lowest BCUT2D eigenvalue weighted by atomic mass is 10.3. The lowest BCUT2D eigenvalue weighted by molar-refractivity contribution is -0.137. The highest BCUT2D eigenvalue weighted by Crippen LogP contribution is 1.85. The zero-order valence-corrected chi connectivity index (χ0v) is 10.3. The molecular weight excluding hydrogens is 242 g/mol. The highest BCUT2D eigenvalue weighted by Gasteiger charge is 2.04. The molecule has 8 heteroatoms. The molecule has 18 heavy (non-hydrogen) atoms. The molecule has 0 unspecified atom stereocenters. The molecule has 0 saturated heterocycles. The monoisotopic (exact) mass is 261 g/mol. The molecule has 0 aromatic rings. The first-order valence-corrected chi connectivity index (χ1v) is 5.55. The number of carbonyl (C=O) groups excluding carboxylic acids is 2. The second kappa shape index (κ2) is 10.3. The van der Waals surface area contributed by atoms with Crippen LogP contribution in [-0.4, -0.2) is 56.4 Å². The first kappa shape index (κ1) is 16.2. The topological polar surface area (TPSA) is 117 Å². The average molecular weight is 261 g/mol. The molecule has 0 radical (unpaired) electrons. The fourth-order valence-corrected chi connectivity index (χ4v) is 1.02. The number of rotatable bonds is 9. The van der Waals surface area contributed by atoms with Crippen molar-refractivity contribution in [3.8, 4) is 0 Å². The van der Waals surface area contributed by atoms with Crippen molar-refractivity contribution in [1.82, 2.24) is 16.0 Å². The molecule has 3 amide bonds. The van der Waals surface area contributed by atoms with Gasteiger partial charge in [-0.2, -0.15) is 0 Å². The van der Waals surface area contributed by atoms with Gasteiger partial charge in [0, 0.05) is 26.6 Å². The molecule has 0 fully saturated rings. The third kappa shape index (κ3) is 10.7. The van der Waals surface area contributed by atoms with Crippen molar-refractivity contribution in [2.75, 3.05) is 33.4 Å². The SMILES string of the molecule is COCCNC(=O)CNC(=O)NCCCC(=O)O. The van der Waals surface area contributed by atoms with Crippen LogP contribution < -0.4 is 16.0 Å². The van der Waals surface area contributed by atoms with Crippen LogP contribution in [0.25, 0.3) is 0 Å². The van der Waals surface area contributed by atoms with Crippen molar-refractivity contribution >= 4 is 17.9 Å². The minimum atomic E-state index is -0.908. The maximum Gasteiger partial charge on any atom is 0.315 e. The number of hydrogen-bond acceptors (Lipinski definition) is 4. The predicted molar refractivity (Wildman–Crippen MR) is 63.2 cm³/mol. The normalized spacial score (nSPS) is 9.61. The molecule has 104 valence electrons. The molecular formula is C10H19N3O5. The number of amides is 3. The number of nitrogens with one attached hydrogen (secondary N) is 3. The van der Waals surface area contributed by atoms with Crippen LogP contribution in [0.2, 0.25) is 0 Å². The van der Waals surface area contributed by atoms with Crippen molar-refractivity contribution in [2.45, 2.75) is 12.8 Å². The van der Waals surface area contributed by atoms with Gasteiger partial charge in [-0.3, -0.25) is 9.59 Å². The molecule has 0 aliphatic rings. The molecule has 0 aromatic carbocycles. The Labute approximate surface area is 105 Å². The van der Waals surface area contributed by atoms with E-state index < -0.39 is 12.0 Å². The standard InChI is InChI=1S/C10H19N3O5/c1-18-6-5-11-8(14)7-13-10(17)12-4-2-3-9(15)16/h2-7H2,1H3,(H,11,14)(H,15,16)(H2,12,13,17). The van der Waals surface area contributed by atoms with Gasteiger partial charge in [-0.15, -0.1) is 0 Å². The van der Waals surface area contributed by atoms with Crippen molar-refractivity contribution in [2.24, 2.45) is 0 Å². The smallest absolute Gasteiger partial charge is 0.315 e. The van der Waals surface area contributed by atoms with E-state index in [1.54, 1.807) is 0 Å². The van der Waals surface area contributed by atoms with Gasteiger partial charge in [0.05, 0.1) is 13.2 Å². The summed E-state index contributed by atoms with van der Waals surface area (Å²) in [4.78, 5) is 32.5. The molecule has 0 saturated carbocycles. The molecule has 0 heterocycles. The summed E-state index contributed by atoms with van der Waals surface area (Å²) in [5.74, 6) is -1.22. The van der Waals surface area contributed by atoms with Gasteiger partial charge in [0.15, 0.2) is 0 Å². The number of methoxy groups -OCH3 is 1. The highest BCUT2D eigenvalue weighted by molar-refractivity contribution is 5.83. The van der Waals surface area contributed by atoms with Crippen molar-refractivity contribution < 1.29 is 24.2 Å². The van der Waals surface area contributed by atoms with Crippen LogP contribution >= 0.6 is 0 Å². The van der Waals surface area contributed by atoms with Crippen LogP contribution in [0.1, 0.15) is 12.8 Å². The van der Waals surface area contributed by atoms with Gasteiger partial charge in [0.2, 0.25) is 5.91 Å². The lowest BCUT2D eigenvalue weighted by Crippen LogP contribution is -2.42. The molecule has 0 aliphatic heterocycles. The lowest BCUT2D eigenvalue weighted by Gasteiger charge is -2.07. The Hall–Kier alpha value is -1.83. The molecule has 4 N–H and O–H groups in total. The molecule has 0 rings (SSSR count). The highest BCUT2D eigenvalue weighted by atomic mass is 16.5. The third-order valence-corrected chi connectivity index (χ3v) is 1.89. The Bertz CT molecular complexity index is 283. The van der Waals surface area contributed by atoms with Crippen LogP contribution in [0.3, 0.4) is 0 Å². The van der Waals surface area contributed by atoms with Crippen LogP contribution in [0.5, 0.6) is 0 Å². The predicted octanol–water partition coefficient (Wildman–Crippen LogP) is -1.09. The maximum absolute atomic E-state index is 11.2. The van der Waals surface area contributed by atoms with E-state index in [2.05, 4.69) is 16.0 Å². The van der Waals surface area contributed by atoms with Crippen molar-refractivity contribution in [3.63, 3.8) is 0 Å². The molecule has 0 aromatic heterocycles. The largest absolute Gasteiger partial charge is 0.481 e. The summed E-state index contributed by atoms with van der Waals surface area (Å²) < 4.78 is 4.74. The number of hydrogen-bond donors (Lipinski definition) is 4. The number of ether oxygens (including phenoxy) is 1. The number of aliphatic carboxylic acids is 1. The van der Waals surface area contributed by atoms with Crippen LogP contribution in [-0.2, 0) is 14.3 Å². The minimum absolute atomic E-state index is 0.00220. The number of carboxylic acids is 1. The Morgan fingerprint density at radius 2 is 1.83 bits per heavy atom. The zero-order chi connectivity index (χ0) is 13.8. The Morgan fingerprint density at radius 1 is 1.11 bits per heavy atom. The number of urea groups is 1. The van der Waals surface area contributed by atoms with Gasteiger partial charge in [0.25, 0.3) is 0 Å². The summed E-state index contributed by atoms with van der Waals surface area (Å²) >= 11 is 0. The average Bonchev–Trinajstić information content (AvgIpc) is 2.32. The second-order valence-corrected chi connectivity index (χ2v) is 3.45. The minimum Gasteiger partial charge on any atom is -0.481 e. The van der Waals surface area contributed by atoms with E-state index >= 15 is 0 Å². The van der Waals surface area contributed by atoms with E-state index in [1.165, 1.54) is 7.11 Å². The Morgan fingerprint density at radius 3 is 2.44 bits per heavy atom. The summed E-state index contributed by atoms with van der Waals surface area (Å²) in [6.45, 7) is 0.919. The van der Waals surface area contributed by atoms with Gasteiger partial charge in [-0.1, -0.05) is 0 Å². The zero-order valence-electron chi connectivity index (χ0n) is 10.3. The summed E-state index contributed by atoms with van der Waals surface area (Å²) in [6.07, 6.45) is 0.348. The molecule has 0 aliphatic carbocycles. The van der Waals surface area contributed by atoms with Crippen molar-refractivity contribution in [1.29, 1.82) is 0 Å². The van der Waals surface area contributed by atoms with Crippen LogP contribution in [0, 0.1) is 0 Å². The second-order valence-electron chi connectivity index (χ2n) is 3.45. The molecule has 0 atom stereocenters. The molecule has 8 nitrogen and oxygen atoms in total. The van der Waals surface area contributed by atoms with E-state index in [0.29, 0.717) is 19.6 Å². The van der Waals surface area contributed by atoms with Gasteiger partial charge < -0.3 is 25.8 Å². The van der Waals surface area contributed by atoms with E-state index in [0.717, 1.165) is 0 Å². The summed E-state index contributed by atoms with van der Waals surface area (Å²) in [5.41, 5.74) is 0. The van der Waals surface area contributed by atoms with E-state index in [4.69, 9.17) is 9.84 Å². The fraction of sp³-hybridized carbons (Fsp3) is 0.700. The van der Waals surface area contributed by atoms with E-state index in [1.807, 2.05) is 0 Å². The van der Waals surface area contributed by atoms with E-state index in [-0.39, 0.29) is 25.4 Å². The van der Waals surface area contributed by atoms with Crippen molar-refractivity contribution in [3.05, 3.63) is 0 Å². The first-order chi connectivity index (χ1) is 8.56. The van der Waals surface area contributed by atoms with E-state index in [9.17, 15) is 14.4 Å².